The molecular weight excluding hydrogens is 336 g/mol. The summed E-state index contributed by atoms with van der Waals surface area (Å²) in [4.78, 5) is 0. The first-order valence-electron chi connectivity index (χ1n) is 9.35. The number of aliphatic hydroxyl groups excluding tert-OH is 1. The smallest absolute Gasteiger partial charge is 0.261 e. The van der Waals surface area contributed by atoms with Gasteiger partial charge in [0.1, 0.15) is 0 Å². The second-order valence-corrected chi connectivity index (χ2v) is 12.4. The molecule has 2 nitrogen and oxygen atoms in total. The topological polar surface area (TPSA) is 29.5 Å². The molecule has 0 saturated heterocycles. The highest BCUT2D eigenvalue weighted by Crippen LogP contribution is 2.36. The molecule has 1 atom stereocenters. The highest BCUT2D eigenvalue weighted by molar-refractivity contribution is 6.99. The molecule has 0 heterocycles. The van der Waals surface area contributed by atoms with E-state index in [0.717, 1.165) is 12.0 Å². The van der Waals surface area contributed by atoms with Crippen LogP contribution in [-0.4, -0.2) is 26.1 Å². The average Bonchev–Trinajstić information content (AvgIpc) is 2.61. The second-order valence-electron chi connectivity index (χ2n) is 8.12. The lowest BCUT2D eigenvalue weighted by molar-refractivity contribution is 0.0954. The van der Waals surface area contributed by atoms with Crippen LogP contribution in [-0.2, 0) is 4.43 Å². The quantitative estimate of drug-likeness (QED) is 0.557. The maximum Gasteiger partial charge on any atom is 0.261 e. The molecule has 0 aromatic heterocycles. The lowest BCUT2D eigenvalue weighted by Gasteiger charge is -2.43. The van der Waals surface area contributed by atoms with Crippen LogP contribution < -0.4 is 10.4 Å². The van der Waals surface area contributed by atoms with Gasteiger partial charge in [-0.1, -0.05) is 87.0 Å². The van der Waals surface area contributed by atoms with E-state index in [4.69, 9.17) is 4.43 Å². The average molecular weight is 369 g/mol. The van der Waals surface area contributed by atoms with E-state index >= 15 is 0 Å². The van der Waals surface area contributed by atoms with E-state index in [2.05, 4.69) is 75.9 Å². The molecule has 2 aromatic carbocycles. The summed E-state index contributed by atoms with van der Waals surface area (Å²) in [5.41, 5.74) is 1.09. The van der Waals surface area contributed by atoms with Crippen molar-refractivity contribution in [1.29, 1.82) is 0 Å². The Bertz CT molecular complexity index is 650. The van der Waals surface area contributed by atoms with Gasteiger partial charge in [0.15, 0.2) is 0 Å². The molecule has 0 aliphatic heterocycles. The second kappa shape index (κ2) is 8.80. The van der Waals surface area contributed by atoms with Gasteiger partial charge in [-0.25, -0.2) is 0 Å². The van der Waals surface area contributed by atoms with E-state index < -0.39 is 14.4 Å². The van der Waals surface area contributed by atoms with Crippen molar-refractivity contribution in [1.82, 2.24) is 0 Å². The Balaban J connectivity index is 2.42. The number of aliphatic hydroxyl groups is 1. The van der Waals surface area contributed by atoms with E-state index in [1.807, 2.05) is 19.1 Å². The van der Waals surface area contributed by atoms with Crippen molar-refractivity contribution in [3.05, 3.63) is 72.8 Å². The zero-order valence-corrected chi connectivity index (χ0v) is 17.5. The van der Waals surface area contributed by atoms with Gasteiger partial charge in [0, 0.05) is 0 Å². The van der Waals surface area contributed by atoms with Crippen molar-refractivity contribution in [2.24, 2.45) is 0 Å². The highest BCUT2D eigenvalue weighted by Gasteiger charge is 2.50. The largest absolute Gasteiger partial charge is 0.405 e. The van der Waals surface area contributed by atoms with Gasteiger partial charge in [-0.15, -0.1) is 6.58 Å². The molecule has 0 aliphatic carbocycles. The fourth-order valence-electron chi connectivity index (χ4n) is 3.48. The van der Waals surface area contributed by atoms with Gasteiger partial charge in [0.2, 0.25) is 0 Å². The zero-order valence-electron chi connectivity index (χ0n) is 16.5. The minimum Gasteiger partial charge on any atom is -0.405 e. The Morgan fingerprint density at radius 2 is 1.46 bits per heavy atom. The first-order valence-corrected chi connectivity index (χ1v) is 11.3. The summed E-state index contributed by atoms with van der Waals surface area (Å²) in [5, 5.41) is 12.9. The van der Waals surface area contributed by atoms with Crippen LogP contribution in [0.4, 0.5) is 0 Å². The summed E-state index contributed by atoms with van der Waals surface area (Å²) in [6.07, 6.45) is 1.03. The maximum atomic E-state index is 10.5. The van der Waals surface area contributed by atoms with Gasteiger partial charge in [0.25, 0.3) is 8.32 Å². The molecular formula is C23H32O2Si. The number of allylic oxidation sites excluding steroid dienone is 1. The highest BCUT2D eigenvalue weighted by atomic mass is 28.4. The molecule has 0 radical (unpaired) electrons. The normalized spacial score (nSPS) is 13.4. The number of benzene rings is 2. The van der Waals surface area contributed by atoms with Crippen LogP contribution in [0.1, 0.15) is 40.5 Å². The summed E-state index contributed by atoms with van der Waals surface area (Å²) in [7, 11) is -2.55. The van der Waals surface area contributed by atoms with Crippen molar-refractivity contribution in [2.75, 3.05) is 6.61 Å². The predicted molar refractivity (Wildman–Crippen MR) is 114 cm³/mol. The number of rotatable bonds is 8. The van der Waals surface area contributed by atoms with E-state index in [0.29, 0.717) is 13.0 Å². The molecule has 0 fully saturated rings. The SMILES string of the molecule is C=C(C)CC[C@@H](O)CO[Si](c1ccccc1)(c1ccccc1)C(C)(C)C. The molecule has 140 valence electrons. The molecule has 0 bridgehead atoms. The van der Waals surface area contributed by atoms with Crippen LogP contribution in [0, 0.1) is 0 Å². The summed E-state index contributed by atoms with van der Waals surface area (Å²) in [6.45, 7) is 13.0. The minimum atomic E-state index is -2.55. The Labute approximate surface area is 159 Å². The van der Waals surface area contributed by atoms with E-state index in [1.54, 1.807) is 0 Å². The molecule has 1 N–H and O–H groups in total. The van der Waals surface area contributed by atoms with E-state index in [-0.39, 0.29) is 5.04 Å². The molecule has 26 heavy (non-hydrogen) atoms. The Kier molecular flexibility index (Phi) is 6.99. The Morgan fingerprint density at radius 3 is 1.85 bits per heavy atom. The molecule has 0 saturated carbocycles. The monoisotopic (exact) mass is 368 g/mol. The van der Waals surface area contributed by atoms with Crippen molar-refractivity contribution in [2.45, 2.75) is 51.7 Å². The summed E-state index contributed by atoms with van der Waals surface area (Å²) >= 11 is 0. The van der Waals surface area contributed by atoms with Crippen LogP contribution in [0.25, 0.3) is 0 Å². The van der Waals surface area contributed by atoms with Crippen LogP contribution in [0.3, 0.4) is 0 Å². The van der Waals surface area contributed by atoms with Crippen molar-refractivity contribution in [3.8, 4) is 0 Å². The van der Waals surface area contributed by atoms with E-state index in [1.165, 1.54) is 10.4 Å². The third kappa shape index (κ3) is 4.73. The summed E-state index contributed by atoms with van der Waals surface area (Å²) < 4.78 is 6.72. The van der Waals surface area contributed by atoms with Crippen LogP contribution in [0.2, 0.25) is 5.04 Å². The standard InChI is InChI=1S/C23H32O2Si/c1-19(2)16-17-20(24)18-25-26(23(3,4)5,21-12-8-6-9-13-21)22-14-10-7-11-15-22/h6-15,20,24H,1,16-18H2,2-5H3/t20-/m1/s1. The zero-order chi connectivity index (χ0) is 19.2. The van der Waals surface area contributed by atoms with E-state index in [9.17, 15) is 5.11 Å². The predicted octanol–water partition coefficient (Wildman–Crippen LogP) is 4.28. The molecule has 0 aliphatic rings. The third-order valence-corrected chi connectivity index (χ3v) is 9.82. The van der Waals surface area contributed by atoms with Gasteiger partial charge < -0.3 is 9.53 Å². The van der Waals surface area contributed by atoms with Crippen molar-refractivity contribution < 1.29 is 9.53 Å². The first-order chi connectivity index (χ1) is 12.3. The van der Waals surface area contributed by atoms with Crippen molar-refractivity contribution in [3.63, 3.8) is 0 Å². The van der Waals surface area contributed by atoms with Crippen molar-refractivity contribution >= 4 is 18.7 Å². The molecule has 0 spiro atoms. The summed E-state index contributed by atoms with van der Waals surface area (Å²) in [6, 6.07) is 21.1. The minimum absolute atomic E-state index is 0.0657. The van der Waals surface area contributed by atoms with Crippen LogP contribution in [0.15, 0.2) is 72.8 Å². The van der Waals surface area contributed by atoms with Crippen LogP contribution >= 0.6 is 0 Å². The lowest BCUT2D eigenvalue weighted by Crippen LogP contribution is -2.67. The fourth-order valence-corrected chi connectivity index (χ4v) is 8.08. The molecule has 0 amide bonds. The first kappa shape index (κ1) is 20.6. The van der Waals surface area contributed by atoms with Gasteiger partial charge in [0.05, 0.1) is 12.7 Å². The molecule has 2 rings (SSSR count). The summed E-state index contributed by atoms with van der Waals surface area (Å²) in [5.74, 6) is 0. The van der Waals surface area contributed by atoms with Crippen LogP contribution in [0.5, 0.6) is 0 Å². The maximum absolute atomic E-state index is 10.5. The Morgan fingerprint density at radius 1 is 1.00 bits per heavy atom. The van der Waals surface area contributed by atoms with Gasteiger partial charge in [-0.3, -0.25) is 0 Å². The lowest BCUT2D eigenvalue weighted by atomic mass is 10.1. The van der Waals surface area contributed by atoms with Gasteiger partial charge >= 0.3 is 0 Å². The van der Waals surface area contributed by atoms with Gasteiger partial charge in [-0.05, 0) is 35.2 Å². The molecule has 2 aromatic rings. The fraction of sp³-hybridized carbons (Fsp3) is 0.391. The number of hydrogen-bond acceptors (Lipinski definition) is 2. The van der Waals surface area contributed by atoms with Gasteiger partial charge in [-0.2, -0.15) is 0 Å². The molecule has 3 heteroatoms. The molecule has 0 unspecified atom stereocenters. The Hall–Kier alpha value is -1.68. The number of hydrogen-bond donors (Lipinski definition) is 1. The third-order valence-electron chi connectivity index (χ3n) is 4.81.